The first-order valence-corrected chi connectivity index (χ1v) is 6.94. The zero-order valence-corrected chi connectivity index (χ0v) is 11.6. The molecule has 6 heteroatoms. The van der Waals surface area contributed by atoms with Gasteiger partial charge in [0.1, 0.15) is 0 Å². The number of aromatic nitrogens is 4. The van der Waals surface area contributed by atoms with Gasteiger partial charge in [0.2, 0.25) is 0 Å². The van der Waals surface area contributed by atoms with E-state index in [9.17, 15) is 4.79 Å². The van der Waals surface area contributed by atoms with Gasteiger partial charge >= 0.3 is 0 Å². The van der Waals surface area contributed by atoms with Crippen LogP contribution in [0.4, 0.5) is 0 Å². The molecule has 0 unspecified atom stereocenters. The number of nitrogens with zero attached hydrogens (tertiary/aromatic N) is 5. The van der Waals surface area contributed by atoms with Crippen molar-refractivity contribution in [1.29, 1.82) is 0 Å². The molecule has 106 valence electrons. The molecule has 3 rings (SSSR count). The number of aryl methyl sites for hydroxylation is 1. The number of likely N-dealkylation sites (tertiary alicyclic amines) is 1. The highest BCUT2D eigenvalue weighted by molar-refractivity contribution is 4.99. The molecule has 0 aliphatic carbocycles. The second-order valence-electron chi connectivity index (χ2n) is 5.45. The van der Waals surface area contributed by atoms with E-state index in [2.05, 4.69) is 21.3 Å². The molecule has 6 nitrogen and oxygen atoms in total. The fraction of sp³-hybridized carbons (Fsp3) is 0.500. The van der Waals surface area contributed by atoms with Gasteiger partial charge in [0.25, 0.3) is 5.56 Å². The van der Waals surface area contributed by atoms with Gasteiger partial charge < -0.3 is 4.90 Å². The van der Waals surface area contributed by atoms with Crippen LogP contribution in [0.1, 0.15) is 5.56 Å². The molecule has 0 saturated carbocycles. The van der Waals surface area contributed by atoms with Gasteiger partial charge in [-0.3, -0.25) is 9.48 Å². The first kappa shape index (κ1) is 13.1. The summed E-state index contributed by atoms with van der Waals surface area (Å²) in [6.45, 7) is 6.76. The molecule has 3 heterocycles. The van der Waals surface area contributed by atoms with Crippen LogP contribution >= 0.6 is 0 Å². The van der Waals surface area contributed by atoms with Crippen molar-refractivity contribution in [3.05, 3.63) is 46.6 Å². The summed E-state index contributed by atoms with van der Waals surface area (Å²) >= 11 is 0. The Hall–Kier alpha value is -1.95. The standard InChI is InChI=1S/C14H19N5O/c1-12-7-16-18(8-12)6-5-17-9-13(10-17)11-19-14(20)3-2-4-15-19/h2-4,7-8,13H,5-6,9-11H2,1H3. The Morgan fingerprint density at radius 3 is 2.85 bits per heavy atom. The van der Waals surface area contributed by atoms with Crippen molar-refractivity contribution >= 4 is 0 Å². The average molecular weight is 273 g/mol. The summed E-state index contributed by atoms with van der Waals surface area (Å²) in [6, 6.07) is 3.24. The number of hydrogen-bond acceptors (Lipinski definition) is 4. The minimum atomic E-state index is -0.0158. The smallest absolute Gasteiger partial charge is 0.266 e. The van der Waals surface area contributed by atoms with Crippen LogP contribution in [-0.4, -0.2) is 44.1 Å². The summed E-state index contributed by atoms with van der Waals surface area (Å²) < 4.78 is 3.53. The van der Waals surface area contributed by atoms with E-state index in [-0.39, 0.29) is 5.56 Å². The van der Waals surface area contributed by atoms with E-state index in [1.165, 1.54) is 5.56 Å². The van der Waals surface area contributed by atoms with Gasteiger partial charge in [-0.05, 0) is 18.6 Å². The first-order chi connectivity index (χ1) is 9.70. The lowest BCUT2D eigenvalue weighted by molar-refractivity contribution is 0.0794. The Bertz CT molecular complexity index is 626. The lowest BCUT2D eigenvalue weighted by Crippen LogP contribution is -2.50. The van der Waals surface area contributed by atoms with Crippen molar-refractivity contribution in [3.8, 4) is 0 Å². The highest BCUT2D eigenvalue weighted by atomic mass is 16.1. The lowest BCUT2D eigenvalue weighted by atomic mass is 10.0. The zero-order chi connectivity index (χ0) is 13.9. The fourth-order valence-corrected chi connectivity index (χ4v) is 2.58. The highest BCUT2D eigenvalue weighted by Crippen LogP contribution is 2.16. The minimum Gasteiger partial charge on any atom is -0.301 e. The summed E-state index contributed by atoms with van der Waals surface area (Å²) in [5.41, 5.74) is 1.18. The van der Waals surface area contributed by atoms with Crippen LogP contribution < -0.4 is 5.56 Å². The second kappa shape index (κ2) is 5.58. The van der Waals surface area contributed by atoms with Crippen molar-refractivity contribution in [3.63, 3.8) is 0 Å². The van der Waals surface area contributed by atoms with Crippen molar-refractivity contribution in [1.82, 2.24) is 24.5 Å². The maximum Gasteiger partial charge on any atom is 0.266 e. The molecule has 0 spiro atoms. The third-order valence-corrected chi connectivity index (χ3v) is 3.66. The van der Waals surface area contributed by atoms with E-state index in [0.717, 1.165) is 32.7 Å². The highest BCUT2D eigenvalue weighted by Gasteiger charge is 2.26. The van der Waals surface area contributed by atoms with Crippen molar-refractivity contribution in [2.24, 2.45) is 5.92 Å². The van der Waals surface area contributed by atoms with Gasteiger partial charge in [-0.15, -0.1) is 0 Å². The van der Waals surface area contributed by atoms with Crippen LogP contribution in [0, 0.1) is 12.8 Å². The summed E-state index contributed by atoms with van der Waals surface area (Å²) in [4.78, 5) is 13.9. The molecule has 0 N–H and O–H groups in total. The van der Waals surface area contributed by atoms with Crippen LogP contribution in [0.15, 0.2) is 35.5 Å². The normalized spacial score (nSPS) is 16.2. The van der Waals surface area contributed by atoms with Gasteiger partial charge in [0, 0.05) is 44.0 Å². The largest absolute Gasteiger partial charge is 0.301 e. The summed E-state index contributed by atoms with van der Waals surface area (Å²) in [7, 11) is 0. The van der Waals surface area contributed by atoms with Crippen LogP contribution in [0.25, 0.3) is 0 Å². The summed E-state index contributed by atoms with van der Waals surface area (Å²) in [6.07, 6.45) is 5.61. The monoisotopic (exact) mass is 273 g/mol. The number of hydrogen-bond donors (Lipinski definition) is 0. The molecule has 0 radical (unpaired) electrons. The molecule has 0 atom stereocenters. The van der Waals surface area contributed by atoms with E-state index in [0.29, 0.717) is 5.92 Å². The average Bonchev–Trinajstić information content (AvgIpc) is 2.80. The molecular formula is C14H19N5O. The Balaban J connectivity index is 1.43. The summed E-state index contributed by atoms with van der Waals surface area (Å²) in [5.74, 6) is 0.530. The quantitative estimate of drug-likeness (QED) is 0.790. The van der Waals surface area contributed by atoms with Crippen LogP contribution in [-0.2, 0) is 13.1 Å². The molecule has 2 aromatic rings. The third-order valence-electron chi connectivity index (χ3n) is 3.66. The van der Waals surface area contributed by atoms with E-state index in [1.807, 2.05) is 17.8 Å². The van der Waals surface area contributed by atoms with Gasteiger partial charge in [-0.1, -0.05) is 0 Å². The Morgan fingerprint density at radius 2 is 2.15 bits per heavy atom. The molecule has 1 aliphatic heterocycles. The van der Waals surface area contributed by atoms with E-state index in [4.69, 9.17) is 0 Å². The van der Waals surface area contributed by atoms with Crippen molar-refractivity contribution in [2.45, 2.75) is 20.0 Å². The molecular weight excluding hydrogens is 254 g/mol. The second-order valence-corrected chi connectivity index (χ2v) is 5.45. The Labute approximate surface area is 117 Å². The molecule has 0 amide bonds. The Kier molecular flexibility index (Phi) is 3.64. The van der Waals surface area contributed by atoms with Crippen LogP contribution in [0.3, 0.4) is 0 Å². The van der Waals surface area contributed by atoms with Gasteiger partial charge in [0.05, 0.1) is 19.3 Å². The van der Waals surface area contributed by atoms with Crippen LogP contribution in [0.2, 0.25) is 0 Å². The van der Waals surface area contributed by atoms with E-state index in [1.54, 1.807) is 23.0 Å². The fourth-order valence-electron chi connectivity index (χ4n) is 2.58. The minimum absolute atomic E-state index is 0.0158. The summed E-state index contributed by atoms with van der Waals surface area (Å²) in [5, 5.41) is 8.37. The topological polar surface area (TPSA) is 56.0 Å². The van der Waals surface area contributed by atoms with E-state index < -0.39 is 0 Å². The third kappa shape index (κ3) is 2.96. The van der Waals surface area contributed by atoms with E-state index >= 15 is 0 Å². The predicted molar refractivity (Wildman–Crippen MR) is 75.4 cm³/mol. The maximum absolute atomic E-state index is 11.6. The molecule has 0 bridgehead atoms. The molecule has 0 aromatic carbocycles. The van der Waals surface area contributed by atoms with Crippen molar-refractivity contribution in [2.75, 3.05) is 19.6 Å². The first-order valence-electron chi connectivity index (χ1n) is 6.94. The predicted octanol–water partition coefficient (Wildman–Crippen LogP) is 0.380. The van der Waals surface area contributed by atoms with Crippen molar-refractivity contribution < 1.29 is 0 Å². The van der Waals surface area contributed by atoms with Gasteiger partial charge in [-0.2, -0.15) is 10.2 Å². The van der Waals surface area contributed by atoms with Gasteiger partial charge in [0.15, 0.2) is 0 Å². The lowest BCUT2D eigenvalue weighted by Gasteiger charge is -2.39. The maximum atomic E-state index is 11.6. The SMILES string of the molecule is Cc1cnn(CCN2CC(Cn3ncccc3=O)C2)c1. The Morgan fingerprint density at radius 1 is 1.30 bits per heavy atom. The molecule has 1 saturated heterocycles. The molecule has 1 fully saturated rings. The molecule has 1 aliphatic rings. The zero-order valence-electron chi connectivity index (χ0n) is 11.6. The number of rotatable bonds is 5. The molecule has 2 aromatic heterocycles. The van der Waals surface area contributed by atoms with Gasteiger partial charge in [-0.25, -0.2) is 4.68 Å². The molecule has 20 heavy (non-hydrogen) atoms. The van der Waals surface area contributed by atoms with Crippen LogP contribution in [0.5, 0.6) is 0 Å².